The van der Waals surface area contributed by atoms with Crippen LogP contribution in [0.5, 0.6) is 5.88 Å². The van der Waals surface area contributed by atoms with Crippen molar-refractivity contribution in [2.45, 2.75) is 71.1 Å². The van der Waals surface area contributed by atoms with Crippen LogP contribution in [0.4, 0.5) is 0 Å². The highest BCUT2D eigenvalue weighted by Gasteiger charge is 2.18. The van der Waals surface area contributed by atoms with Gasteiger partial charge in [-0.15, -0.1) is 11.3 Å². The van der Waals surface area contributed by atoms with Crippen LogP contribution in [0.2, 0.25) is 0 Å². The molecule has 0 aliphatic carbocycles. The van der Waals surface area contributed by atoms with Crippen LogP contribution in [0.1, 0.15) is 71.1 Å². The molecule has 0 spiro atoms. The number of aromatic nitrogens is 1. The zero-order valence-corrected chi connectivity index (χ0v) is 15.7. The van der Waals surface area contributed by atoms with Crippen molar-refractivity contribution in [1.82, 2.24) is 3.97 Å². The maximum absolute atomic E-state index is 12.1. The largest absolute Gasteiger partial charge is 0.493 e. The van der Waals surface area contributed by atoms with Crippen molar-refractivity contribution in [1.29, 1.82) is 0 Å². The first-order valence-corrected chi connectivity index (χ1v) is 11.0. The standard InChI is InChI=1S/C15H27NO3S3/c1-2-3-4-5-6-7-8-9-10-11-12-22(18,19)16-14(17)13-21-15(16)20/h13,17H,2-12H2,1H3. The molecule has 0 aromatic carbocycles. The van der Waals surface area contributed by atoms with Crippen molar-refractivity contribution in [3.8, 4) is 5.88 Å². The molecule has 0 saturated carbocycles. The predicted molar refractivity (Wildman–Crippen MR) is 95.8 cm³/mol. The van der Waals surface area contributed by atoms with Gasteiger partial charge in [-0.2, -0.15) is 3.97 Å². The molecule has 4 nitrogen and oxygen atoms in total. The molecule has 0 fully saturated rings. The molecule has 1 aromatic heterocycles. The maximum Gasteiger partial charge on any atom is 0.243 e. The minimum absolute atomic E-state index is 0.0437. The second kappa shape index (κ2) is 10.4. The SMILES string of the molecule is CCCCCCCCCCCCS(=O)(=O)n1c(O)csc1=S. The molecule has 0 unspecified atom stereocenters. The Kier molecular flexibility index (Phi) is 9.28. The summed E-state index contributed by atoms with van der Waals surface area (Å²) >= 11 is 6.01. The average Bonchev–Trinajstić information content (AvgIpc) is 2.81. The molecular weight excluding hydrogens is 338 g/mol. The van der Waals surface area contributed by atoms with E-state index in [9.17, 15) is 13.5 Å². The molecule has 22 heavy (non-hydrogen) atoms. The Labute approximate surface area is 143 Å². The number of rotatable bonds is 12. The van der Waals surface area contributed by atoms with Gasteiger partial charge in [0, 0.05) is 0 Å². The molecule has 0 bridgehead atoms. The summed E-state index contributed by atoms with van der Waals surface area (Å²) in [6.07, 6.45) is 11.6. The van der Waals surface area contributed by atoms with Crippen molar-refractivity contribution >= 4 is 33.6 Å². The fourth-order valence-corrected chi connectivity index (χ4v) is 5.34. The normalized spacial score (nSPS) is 11.9. The smallest absolute Gasteiger partial charge is 0.243 e. The molecule has 0 saturated heterocycles. The lowest BCUT2D eigenvalue weighted by Crippen LogP contribution is -2.16. The monoisotopic (exact) mass is 365 g/mol. The summed E-state index contributed by atoms with van der Waals surface area (Å²) in [7, 11) is -3.51. The van der Waals surface area contributed by atoms with Gasteiger partial charge >= 0.3 is 0 Å². The molecule has 7 heteroatoms. The first-order chi connectivity index (χ1) is 10.5. The lowest BCUT2D eigenvalue weighted by atomic mass is 10.1. The van der Waals surface area contributed by atoms with E-state index in [1.54, 1.807) is 0 Å². The molecule has 1 rings (SSSR count). The van der Waals surface area contributed by atoms with E-state index in [0.717, 1.165) is 28.2 Å². The van der Waals surface area contributed by atoms with E-state index >= 15 is 0 Å². The summed E-state index contributed by atoms with van der Waals surface area (Å²) in [6.45, 7) is 2.22. The Morgan fingerprint density at radius 2 is 1.55 bits per heavy atom. The summed E-state index contributed by atoms with van der Waals surface area (Å²) < 4.78 is 25.3. The number of unbranched alkanes of at least 4 members (excludes halogenated alkanes) is 9. The van der Waals surface area contributed by atoms with E-state index < -0.39 is 10.0 Å². The third kappa shape index (κ3) is 6.79. The molecule has 0 atom stereocenters. The molecular formula is C15H27NO3S3. The molecule has 1 heterocycles. The first-order valence-electron chi connectivity index (χ1n) is 8.12. The van der Waals surface area contributed by atoms with Gasteiger partial charge < -0.3 is 5.11 Å². The van der Waals surface area contributed by atoms with Gasteiger partial charge in [-0.3, -0.25) is 0 Å². The van der Waals surface area contributed by atoms with Crippen molar-refractivity contribution in [2.75, 3.05) is 5.75 Å². The zero-order chi connectivity index (χ0) is 16.4. The van der Waals surface area contributed by atoms with Gasteiger partial charge in [0.25, 0.3) is 0 Å². The Hall–Kier alpha value is -0.400. The Morgan fingerprint density at radius 1 is 1.05 bits per heavy atom. The maximum atomic E-state index is 12.1. The van der Waals surface area contributed by atoms with Crippen LogP contribution in [0.25, 0.3) is 0 Å². The van der Waals surface area contributed by atoms with E-state index in [0.29, 0.717) is 6.42 Å². The minimum Gasteiger partial charge on any atom is -0.493 e. The van der Waals surface area contributed by atoms with Crippen LogP contribution in [-0.4, -0.2) is 23.2 Å². The summed E-state index contributed by atoms with van der Waals surface area (Å²) in [4.78, 5) is 0. The Morgan fingerprint density at radius 3 is 2.00 bits per heavy atom. The number of nitrogens with zero attached hydrogens (tertiary/aromatic N) is 1. The highest BCUT2D eigenvalue weighted by Crippen LogP contribution is 2.21. The fourth-order valence-electron chi connectivity index (χ4n) is 2.41. The van der Waals surface area contributed by atoms with Crippen molar-refractivity contribution in [2.24, 2.45) is 0 Å². The van der Waals surface area contributed by atoms with Gasteiger partial charge in [-0.25, -0.2) is 8.42 Å². The van der Waals surface area contributed by atoms with Gasteiger partial charge in [0.05, 0.1) is 11.1 Å². The number of hydrogen-bond acceptors (Lipinski definition) is 5. The zero-order valence-electron chi connectivity index (χ0n) is 13.3. The van der Waals surface area contributed by atoms with E-state index in [2.05, 4.69) is 6.92 Å². The van der Waals surface area contributed by atoms with Crippen LogP contribution in [0.3, 0.4) is 0 Å². The highest BCUT2D eigenvalue weighted by atomic mass is 32.2. The molecule has 0 aliphatic rings. The van der Waals surface area contributed by atoms with Crippen LogP contribution in [0, 0.1) is 3.95 Å². The summed E-state index contributed by atoms with van der Waals surface area (Å²) in [5.41, 5.74) is 0. The third-order valence-electron chi connectivity index (χ3n) is 3.67. The van der Waals surface area contributed by atoms with Crippen molar-refractivity contribution in [3.63, 3.8) is 0 Å². The van der Waals surface area contributed by atoms with Crippen molar-refractivity contribution in [3.05, 3.63) is 9.33 Å². The minimum atomic E-state index is -3.51. The second-order valence-electron chi connectivity index (χ2n) is 5.62. The first kappa shape index (κ1) is 19.6. The highest BCUT2D eigenvalue weighted by molar-refractivity contribution is 7.90. The van der Waals surface area contributed by atoms with E-state index in [-0.39, 0.29) is 15.6 Å². The van der Waals surface area contributed by atoms with E-state index in [1.165, 1.54) is 50.3 Å². The summed E-state index contributed by atoms with van der Waals surface area (Å²) in [6, 6.07) is 0. The molecule has 1 aromatic rings. The number of hydrogen-bond donors (Lipinski definition) is 1. The molecule has 0 radical (unpaired) electrons. The van der Waals surface area contributed by atoms with Crippen LogP contribution < -0.4 is 0 Å². The topological polar surface area (TPSA) is 59.3 Å². The number of aromatic hydroxyl groups is 1. The number of thiazole rings is 1. The third-order valence-corrected chi connectivity index (χ3v) is 6.82. The lowest BCUT2D eigenvalue weighted by molar-refractivity contribution is 0.444. The van der Waals surface area contributed by atoms with Crippen molar-refractivity contribution < 1.29 is 13.5 Å². The van der Waals surface area contributed by atoms with Gasteiger partial charge in [0.1, 0.15) is 0 Å². The van der Waals surface area contributed by atoms with Gasteiger partial charge in [0.15, 0.2) is 3.95 Å². The van der Waals surface area contributed by atoms with Crippen LogP contribution in [-0.2, 0) is 10.0 Å². The van der Waals surface area contributed by atoms with Crippen LogP contribution in [0.15, 0.2) is 5.38 Å². The van der Waals surface area contributed by atoms with Gasteiger partial charge in [0.2, 0.25) is 15.9 Å². The summed E-state index contributed by atoms with van der Waals surface area (Å²) in [5, 5.41) is 10.9. The Balaban J connectivity index is 2.16. The molecule has 0 aliphatic heterocycles. The lowest BCUT2D eigenvalue weighted by Gasteiger charge is -2.06. The van der Waals surface area contributed by atoms with E-state index in [4.69, 9.17) is 12.2 Å². The Bertz CT molecular complexity index is 575. The van der Waals surface area contributed by atoms with Gasteiger partial charge in [-0.05, 0) is 18.6 Å². The van der Waals surface area contributed by atoms with Gasteiger partial charge in [-0.1, -0.05) is 64.7 Å². The van der Waals surface area contributed by atoms with Crippen LogP contribution >= 0.6 is 23.6 Å². The summed E-state index contributed by atoms with van der Waals surface area (Å²) in [5.74, 6) is -0.232. The molecule has 128 valence electrons. The average molecular weight is 366 g/mol. The molecule has 0 amide bonds. The molecule has 1 N–H and O–H groups in total. The predicted octanol–water partition coefficient (Wildman–Crippen LogP) is 5.08. The quantitative estimate of drug-likeness (QED) is 0.414. The van der Waals surface area contributed by atoms with E-state index in [1.807, 2.05) is 0 Å². The second-order valence-corrected chi connectivity index (χ2v) is 9.06. The fraction of sp³-hybridized carbons (Fsp3) is 0.800.